The molecular formula is C20H26N4O5. The number of carbonyl (C=O) groups excluding carboxylic acids is 2. The van der Waals surface area contributed by atoms with Gasteiger partial charge in [-0.2, -0.15) is 0 Å². The van der Waals surface area contributed by atoms with Crippen molar-refractivity contribution in [2.45, 2.75) is 18.9 Å². The maximum absolute atomic E-state index is 13.1. The van der Waals surface area contributed by atoms with Crippen molar-refractivity contribution in [3.8, 4) is 0 Å². The van der Waals surface area contributed by atoms with Crippen molar-refractivity contribution in [3.05, 3.63) is 42.0 Å². The lowest BCUT2D eigenvalue weighted by Gasteiger charge is -2.38. The van der Waals surface area contributed by atoms with Gasteiger partial charge in [0.05, 0.1) is 12.0 Å². The first-order valence-electron chi connectivity index (χ1n) is 9.67. The van der Waals surface area contributed by atoms with Crippen molar-refractivity contribution in [3.63, 3.8) is 0 Å². The molecule has 1 unspecified atom stereocenters. The van der Waals surface area contributed by atoms with Crippen LogP contribution in [-0.2, 0) is 9.59 Å². The van der Waals surface area contributed by atoms with Gasteiger partial charge < -0.3 is 20.6 Å². The SMILES string of the molecule is O=C(O)NCC1CN[C@H](C(=O)N2CC=C(c3ccccc3)CC2)[C@@H](C(=O)NO)C1. The van der Waals surface area contributed by atoms with E-state index in [4.69, 9.17) is 10.3 Å². The van der Waals surface area contributed by atoms with Crippen LogP contribution in [-0.4, -0.2) is 65.3 Å². The molecule has 2 heterocycles. The molecule has 1 aromatic carbocycles. The zero-order valence-electron chi connectivity index (χ0n) is 16.0. The van der Waals surface area contributed by atoms with Crippen LogP contribution in [0.25, 0.3) is 5.57 Å². The van der Waals surface area contributed by atoms with Crippen molar-refractivity contribution in [2.24, 2.45) is 11.8 Å². The number of carboxylic acid groups (broad SMARTS) is 1. The largest absolute Gasteiger partial charge is 0.465 e. The van der Waals surface area contributed by atoms with Crippen LogP contribution in [0, 0.1) is 11.8 Å². The molecule has 1 aromatic rings. The van der Waals surface area contributed by atoms with Crippen LogP contribution in [0.5, 0.6) is 0 Å². The molecule has 3 amide bonds. The third-order valence-corrected chi connectivity index (χ3v) is 5.54. The van der Waals surface area contributed by atoms with Crippen LogP contribution in [0.1, 0.15) is 18.4 Å². The number of benzene rings is 1. The molecule has 29 heavy (non-hydrogen) atoms. The number of hydrogen-bond donors (Lipinski definition) is 5. The first kappa shape index (κ1) is 20.8. The van der Waals surface area contributed by atoms with E-state index in [1.54, 1.807) is 10.4 Å². The van der Waals surface area contributed by atoms with E-state index in [2.05, 4.69) is 10.6 Å². The van der Waals surface area contributed by atoms with Gasteiger partial charge in [-0.3, -0.25) is 14.8 Å². The third kappa shape index (κ3) is 5.12. The van der Waals surface area contributed by atoms with Gasteiger partial charge in [-0.05, 0) is 29.9 Å². The summed E-state index contributed by atoms with van der Waals surface area (Å²) in [7, 11) is 0. The van der Waals surface area contributed by atoms with E-state index in [1.807, 2.05) is 36.4 Å². The van der Waals surface area contributed by atoms with E-state index in [9.17, 15) is 14.4 Å². The molecule has 0 radical (unpaired) electrons. The normalized spacial score (nSPS) is 24.4. The zero-order valence-corrected chi connectivity index (χ0v) is 16.0. The average Bonchev–Trinajstić information content (AvgIpc) is 2.77. The molecule has 2 aliphatic rings. The number of carbonyl (C=O) groups is 3. The van der Waals surface area contributed by atoms with Gasteiger partial charge in [0.2, 0.25) is 11.8 Å². The summed E-state index contributed by atoms with van der Waals surface area (Å²) >= 11 is 0. The summed E-state index contributed by atoms with van der Waals surface area (Å²) in [6.45, 7) is 1.59. The van der Waals surface area contributed by atoms with Crippen LogP contribution in [0.4, 0.5) is 4.79 Å². The van der Waals surface area contributed by atoms with E-state index in [1.165, 1.54) is 5.57 Å². The van der Waals surface area contributed by atoms with Crippen molar-refractivity contribution < 1.29 is 24.7 Å². The highest BCUT2D eigenvalue weighted by atomic mass is 16.5. The fourth-order valence-corrected chi connectivity index (χ4v) is 3.98. The first-order valence-corrected chi connectivity index (χ1v) is 9.67. The van der Waals surface area contributed by atoms with Crippen LogP contribution in [0.15, 0.2) is 36.4 Å². The van der Waals surface area contributed by atoms with E-state index in [0.717, 1.165) is 12.0 Å². The Kier molecular flexibility index (Phi) is 6.84. The number of nitrogens with zero attached hydrogens (tertiary/aromatic N) is 1. The number of rotatable bonds is 5. The second-order valence-corrected chi connectivity index (χ2v) is 7.39. The van der Waals surface area contributed by atoms with E-state index in [-0.39, 0.29) is 18.4 Å². The monoisotopic (exact) mass is 402 g/mol. The van der Waals surface area contributed by atoms with Crippen LogP contribution < -0.4 is 16.1 Å². The van der Waals surface area contributed by atoms with Crippen molar-refractivity contribution >= 4 is 23.5 Å². The molecule has 3 rings (SSSR count). The second-order valence-electron chi connectivity index (χ2n) is 7.39. The summed E-state index contributed by atoms with van der Waals surface area (Å²) in [6, 6.07) is 9.25. The first-order chi connectivity index (χ1) is 14.0. The number of piperidine rings is 1. The van der Waals surface area contributed by atoms with Gasteiger partial charge in [0.15, 0.2) is 0 Å². The molecule has 0 saturated carbocycles. The molecule has 156 valence electrons. The predicted octanol–water partition coefficient (Wildman–Crippen LogP) is 0.670. The van der Waals surface area contributed by atoms with Gasteiger partial charge in [0, 0.05) is 26.2 Å². The van der Waals surface area contributed by atoms with Gasteiger partial charge in [-0.1, -0.05) is 36.4 Å². The zero-order chi connectivity index (χ0) is 20.8. The smallest absolute Gasteiger partial charge is 0.404 e. The summed E-state index contributed by atoms with van der Waals surface area (Å²) in [4.78, 5) is 37.6. The Morgan fingerprint density at radius 2 is 1.97 bits per heavy atom. The average molecular weight is 402 g/mol. The minimum Gasteiger partial charge on any atom is -0.465 e. The Balaban J connectivity index is 1.65. The van der Waals surface area contributed by atoms with Crippen LogP contribution in [0.3, 0.4) is 0 Å². The fraction of sp³-hybridized carbons (Fsp3) is 0.450. The molecular weight excluding hydrogens is 376 g/mol. The molecule has 1 saturated heterocycles. The molecule has 5 N–H and O–H groups in total. The number of amides is 3. The lowest BCUT2D eigenvalue weighted by molar-refractivity contribution is -0.144. The standard InChI is InChI=1S/C20H26N4O5/c25-18(23-29)16-10-13(12-22-20(27)28)11-21-17(16)19(26)24-8-6-15(7-9-24)14-4-2-1-3-5-14/h1-6,13,16-17,21-22,29H,7-12H2,(H,23,25)(H,27,28)/t13?,16-,17-/m0/s1. The van der Waals surface area contributed by atoms with Gasteiger partial charge in [-0.15, -0.1) is 0 Å². The molecule has 0 aliphatic carbocycles. The van der Waals surface area contributed by atoms with Crippen molar-refractivity contribution in [2.75, 3.05) is 26.2 Å². The fourth-order valence-electron chi connectivity index (χ4n) is 3.98. The van der Waals surface area contributed by atoms with Gasteiger partial charge in [0.25, 0.3) is 0 Å². The van der Waals surface area contributed by atoms with Crippen molar-refractivity contribution in [1.82, 2.24) is 21.0 Å². The summed E-state index contributed by atoms with van der Waals surface area (Å²) in [6.07, 6.45) is 1.92. The highest BCUT2D eigenvalue weighted by molar-refractivity contribution is 5.90. The number of hydroxylamine groups is 1. The highest BCUT2D eigenvalue weighted by Gasteiger charge is 2.41. The van der Waals surface area contributed by atoms with Crippen molar-refractivity contribution in [1.29, 1.82) is 0 Å². The van der Waals surface area contributed by atoms with E-state index >= 15 is 0 Å². The second kappa shape index (κ2) is 9.53. The topological polar surface area (TPSA) is 131 Å². The maximum atomic E-state index is 13.1. The van der Waals surface area contributed by atoms with Gasteiger partial charge >= 0.3 is 6.09 Å². The molecule has 0 spiro atoms. The summed E-state index contributed by atoms with van der Waals surface area (Å²) in [5.41, 5.74) is 3.97. The Labute approximate surface area is 168 Å². The summed E-state index contributed by atoms with van der Waals surface area (Å²) in [5, 5.41) is 23.2. The summed E-state index contributed by atoms with van der Waals surface area (Å²) in [5.74, 6) is -1.76. The van der Waals surface area contributed by atoms with E-state index in [0.29, 0.717) is 26.1 Å². The van der Waals surface area contributed by atoms with Gasteiger partial charge in [0.1, 0.15) is 0 Å². The number of nitrogens with one attached hydrogen (secondary N) is 3. The quantitative estimate of drug-likeness (QED) is 0.363. The lowest BCUT2D eigenvalue weighted by Crippen LogP contribution is -2.59. The van der Waals surface area contributed by atoms with Crippen LogP contribution >= 0.6 is 0 Å². The van der Waals surface area contributed by atoms with E-state index < -0.39 is 24.0 Å². The third-order valence-electron chi connectivity index (χ3n) is 5.54. The number of hydrogen-bond acceptors (Lipinski definition) is 5. The predicted molar refractivity (Wildman–Crippen MR) is 105 cm³/mol. The Morgan fingerprint density at radius 3 is 2.59 bits per heavy atom. The Bertz CT molecular complexity index is 782. The molecule has 9 nitrogen and oxygen atoms in total. The van der Waals surface area contributed by atoms with Crippen LogP contribution in [0.2, 0.25) is 0 Å². The minimum absolute atomic E-state index is 0.150. The lowest BCUT2D eigenvalue weighted by atomic mass is 9.83. The van der Waals surface area contributed by atoms with Gasteiger partial charge in [-0.25, -0.2) is 10.3 Å². The molecule has 2 aliphatic heterocycles. The highest BCUT2D eigenvalue weighted by Crippen LogP contribution is 2.26. The Morgan fingerprint density at radius 1 is 1.21 bits per heavy atom. The molecule has 0 aromatic heterocycles. The summed E-state index contributed by atoms with van der Waals surface area (Å²) < 4.78 is 0. The molecule has 9 heteroatoms. The maximum Gasteiger partial charge on any atom is 0.404 e. The Hall–Kier alpha value is -2.91. The minimum atomic E-state index is -1.14. The molecule has 0 bridgehead atoms. The molecule has 1 fully saturated rings. The molecule has 3 atom stereocenters.